The number of carbonyl (C=O) groups excluding carboxylic acids is 1. The summed E-state index contributed by atoms with van der Waals surface area (Å²) in [6.45, 7) is 2.77. The first kappa shape index (κ1) is 16.6. The van der Waals surface area contributed by atoms with Crippen LogP contribution in [0.5, 0.6) is 0 Å². The van der Waals surface area contributed by atoms with Crippen molar-refractivity contribution in [1.82, 2.24) is 15.3 Å². The summed E-state index contributed by atoms with van der Waals surface area (Å²) in [7, 11) is 0. The van der Waals surface area contributed by atoms with Crippen LogP contribution in [0.25, 0.3) is 10.9 Å². The van der Waals surface area contributed by atoms with Crippen molar-refractivity contribution in [3.63, 3.8) is 0 Å². The van der Waals surface area contributed by atoms with E-state index in [4.69, 9.17) is 15.2 Å². The van der Waals surface area contributed by atoms with Crippen molar-refractivity contribution in [2.45, 2.75) is 25.4 Å². The highest BCUT2D eigenvalue weighted by molar-refractivity contribution is 5.99. The van der Waals surface area contributed by atoms with Crippen molar-refractivity contribution in [2.24, 2.45) is 0 Å². The fourth-order valence-electron chi connectivity index (χ4n) is 2.69. The maximum Gasteiger partial charge on any atom is 0.251 e. The van der Waals surface area contributed by atoms with Crippen LogP contribution in [0.4, 0.5) is 5.82 Å². The summed E-state index contributed by atoms with van der Waals surface area (Å²) in [5.41, 5.74) is 7.01. The number of anilines is 1. The van der Waals surface area contributed by atoms with E-state index in [1.54, 1.807) is 18.2 Å². The van der Waals surface area contributed by atoms with Crippen molar-refractivity contribution in [3.05, 3.63) is 30.1 Å². The molecule has 0 spiro atoms. The molecule has 0 unspecified atom stereocenters. The molecule has 3 N–H and O–H groups in total. The molecule has 1 saturated heterocycles. The molecule has 0 saturated carbocycles. The fourth-order valence-corrected chi connectivity index (χ4v) is 2.69. The van der Waals surface area contributed by atoms with Crippen LogP contribution in [0, 0.1) is 0 Å². The smallest absolute Gasteiger partial charge is 0.251 e. The van der Waals surface area contributed by atoms with Gasteiger partial charge >= 0.3 is 0 Å². The van der Waals surface area contributed by atoms with Crippen LogP contribution in [-0.2, 0) is 9.47 Å². The summed E-state index contributed by atoms with van der Waals surface area (Å²) in [6, 6.07) is 5.23. The first-order valence-electron chi connectivity index (χ1n) is 8.22. The molecule has 2 heterocycles. The first-order chi connectivity index (χ1) is 11.7. The Balaban J connectivity index is 1.45. The lowest BCUT2D eigenvalue weighted by atomic mass is 10.1. The fraction of sp³-hybridized carbons (Fsp3) is 0.471. The summed E-state index contributed by atoms with van der Waals surface area (Å²) in [5.74, 6) is 0.289. The van der Waals surface area contributed by atoms with E-state index < -0.39 is 0 Å². The monoisotopic (exact) mass is 330 g/mol. The van der Waals surface area contributed by atoms with Gasteiger partial charge in [0.05, 0.1) is 11.6 Å². The standard InChI is InChI=1S/C17H22N4O3/c18-16-14-3-2-12(10-15(14)20-11-21-16)17(22)19-6-1-7-24-13-4-8-23-9-5-13/h2-3,10-11,13H,1,4-9H2,(H,19,22)(H2,18,20,21). The quantitative estimate of drug-likeness (QED) is 0.779. The van der Waals surface area contributed by atoms with E-state index in [1.165, 1.54) is 6.33 Å². The summed E-state index contributed by atoms with van der Waals surface area (Å²) >= 11 is 0. The van der Waals surface area contributed by atoms with Crippen LogP contribution >= 0.6 is 0 Å². The lowest BCUT2D eigenvalue weighted by Crippen LogP contribution is -2.27. The van der Waals surface area contributed by atoms with Gasteiger partial charge in [-0.05, 0) is 37.5 Å². The molecule has 128 valence electrons. The van der Waals surface area contributed by atoms with Crippen molar-refractivity contribution >= 4 is 22.6 Å². The van der Waals surface area contributed by atoms with Gasteiger partial charge in [-0.15, -0.1) is 0 Å². The number of benzene rings is 1. The number of aromatic nitrogens is 2. The van der Waals surface area contributed by atoms with E-state index >= 15 is 0 Å². The van der Waals surface area contributed by atoms with E-state index in [0.29, 0.717) is 36.2 Å². The Hall–Kier alpha value is -2.25. The van der Waals surface area contributed by atoms with Gasteiger partial charge in [-0.2, -0.15) is 0 Å². The number of nitrogens with zero attached hydrogens (tertiary/aromatic N) is 2. The minimum absolute atomic E-state index is 0.125. The number of nitrogens with two attached hydrogens (primary N) is 1. The number of amides is 1. The van der Waals surface area contributed by atoms with Gasteiger partial charge in [0.25, 0.3) is 5.91 Å². The highest BCUT2D eigenvalue weighted by atomic mass is 16.5. The molecule has 1 fully saturated rings. The first-order valence-corrected chi connectivity index (χ1v) is 8.22. The minimum atomic E-state index is -0.125. The van der Waals surface area contributed by atoms with Crippen LogP contribution in [0.1, 0.15) is 29.6 Å². The molecule has 2 aromatic rings. The molecule has 3 rings (SSSR count). The summed E-state index contributed by atoms with van der Waals surface area (Å²) in [6.07, 6.45) is 4.38. The van der Waals surface area contributed by atoms with Crippen LogP contribution in [-0.4, -0.2) is 48.3 Å². The lowest BCUT2D eigenvalue weighted by Gasteiger charge is -2.22. The average Bonchev–Trinajstić information content (AvgIpc) is 2.62. The van der Waals surface area contributed by atoms with Crippen molar-refractivity contribution in [1.29, 1.82) is 0 Å². The zero-order chi connectivity index (χ0) is 16.8. The predicted octanol–water partition coefficient (Wildman–Crippen LogP) is 1.53. The van der Waals surface area contributed by atoms with Gasteiger partial charge < -0.3 is 20.5 Å². The second kappa shape index (κ2) is 8.03. The molecule has 0 bridgehead atoms. The zero-order valence-corrected chi connectivity index (χ0v) is 13.5. The summed E-state index contributed by atoms with van der Waals surface area (Å²) < 4.78 is 11.1. The Bertz CT molecular complexity index is 701. The molecular weight excluding hydrogens is 308 g/mol. The zero-order valence-electron chi connectivity index (χ0n) is 13.5. The van der Waals surface area contributed by atoms with Crippen LogP contribution in [0.2, 0.25) is 0 Å². The molecule has 24 heavy (non-hydrogen) atoms. The lowest BCUT2D eigenvalue weighted by molar-refractivity contribution is -0.0321. The SMILES string of the molecule is Nc1ncnc2cc(C(=O)NCCCOC3CCOCC3)ccc12. The van der Waals surface area contributed by atoms with Crippen LogP contribution in [0.15, 0.2) is 24.5 Å². The van der Waals surface area contributed by atoms with E-state index in [1.807, 2.05) is 0 Å². The topological polar surface area (TPSA) is 99.4 Å². The molecule has 7 heteroatoms. The molecule has 1 aromatic heterocycles. The number of carbonyl (C=O) groups is 1. The Morgan fingerprint density at radius 2 is 2.17 bits per heavy atom. The molecule has 0 radical (unpaired) electrons. The number of hydrogen-bond donors (Lipinski definition) is 2. The Morgan fingerprint density at radius 1 is 1.33 bits per heavy atom. The van der Waals surface area contributed by atoms with Crippen molar-refractivity contribution in [3.8, 4) is 0 Å². The molecule has 7 nitrogen and oxygen atoms in total. The summed E-state index contributed by atoms with van der Waals surface area (Å²) in [5, 5.41) is 3.65. The number of nitrogens with one attached hydrogen (secondary N) is 1. The molecule has 0 aliphatic carbocycles. The third-order valence-corrected chi connectivity index (χ3v) is 4.06. The predicted molar refractivity (Wildman–Crippen MR) is 90.7 cm³/mol. The summed E-state index contributed by atoms with van der Waals surface area (Å²) in [4.78, 5) is 20.3. The highest BCUT2D eigenvalue weighted by Crippen LogP contribution is 2.17. The van der Waals surface area contributed by atoms with Crippen molar-refractivity contribution in [2.75, 3.05) is 32.1 Å². The van der Waals surface area contributed by atoms with Gasteiger partial charge in [0.15, 0.2) is 0 Å². The molecule has 1 aliphatic rings. The highest BCUT2D eigenvalue weighted by Gasteiger charge is 2.13. The molecule has 1 amide bonds. The minimum Gasteiger partial charge on any atom is -0.383 e. The van der Waals surface area contributed by atoms with E-state index in [9.17, 15) is 4.79 Å². The van der Waals surface area contributed by atoms with Crippen molar-refractivity contribution < 1.29 is 14.3 Å². The Labute approximate surface area is 140 Å². The second-order valence-corrected chi connectivity index (χ2v) is 5.78. The van der Waals surface area contributed by atoms with Crippen LogP contribution in [0.3, 0.4) is 0 Å². The van der Waals surface area contributed by atoms with Gasteiger partial charge in [0.1, 0.15) is 12.1 Å². The number of rotatable bonds is 6. The van der Waals surface area contributed by atoms with E-state index in [0.717, 1.165) is 37.9 Å². The van der Waals surface area contributed by atoms with Gasteiger partial charge in [-0.3, -0.25) is 4.79 Å². The molecule has 1 aliphatic heterocycles. The second-order valence-electron chi connectivity index (χ2n) is 5.78. The Kier molecular flexibility index (Phi) is 5.55. The van der Waals surface area contributed by atoms with Gasteiger partial charge in [0, 0.05) is 37.3 Å². The van der Waals surface area contributed by atoms with Gasteiger partial charge in [0.2, 0.25) is 0 Å². The maximum absolute atomic E-state index is 12.2. The third kappa shape index (κ3) is 4.18. The molecular formula is C17H22N4O3. The normalized spacial score (nSPS) is 15.5. The third-order valence-electron chi connectivity index (χ3n) is 4.06. The number of fused-ring (bicyclic) bond motifs is 1. The number of hydrogen-bond acceptors (Lipinski definition) is 6. The van der Waals surface area contributed by atoms with E-state index in [-0.39, 0.29) is 5.91 Å². The number of ether oxygens (including phenoxy) is 2. The largest absolute Gasteiger partial charge is 0.383 e. The number of nitrogen functional groups attached to an aromatic ring is 1. The molecule has 1 aromatic carbocycles. The van der Waals surface area contributed by atoms with Gasteiger partial charge in [-0.1, -0.05) is 0 Å². The van der Waals surface area contributed by atoms with E-state index in [2.05, 4.69) is 15.3 Å². The van der Waals surface area contributed by atoms with Crippen LogP contribution < -0.4 is 11.1 Å². The average molecular weight is 330 g/mol. The molecule has 0 atom stereocenters. The van der Waals surface area contributed by atoms with Gasteiger partial charge in [-0.25, -0.2) is 9.97 Å². The Morgan fingerprint density at radius 3 is 3.00 bits per heavy atom. The maximum atomic E-state index is 12.2.